The second kappa shape index (κ2) is 5.96. The Labute approximate surface area is 111 Å². The number of benzene rings is 1. The lowest BCUT2D eigenvalue weighted by atomic mass is 10.2. The van der Waals surface area contributed by atoms with Crippen LogP contribution in [-0.2, 0) is 13.2 Å². The van der Waals surface area contributed by atoms with E-state index in [1.807, 2.05) is 31.3 Å². The van der Waals surface area contributed by atoms with Crippen LogP contribution in [0.1, 0.15) is 11.4 Å². The summed E-state index contributed by atoms with van der Waals surface area (Å²) in [6, 6.07) is 7.74. The topological polar surface area (TPSA) is 112 Å². The molecule has 0 unspecified atom stereocenters. The van der Waals surface area contributed by atoms with E-state index < -0.39 is 0 Å². The minimum Gasteiger partial charge on any atom is -0.485 e. The van der Waals surface area contributed by atoms with Gasteiger partial charge in [0.1, 0.15) is 12.4 Å². The van der Waals surface area contributed by atoms with Gasteiger partial charge in [-0.05, 0) is 13.1 Å². The van der Waals surface area contributed by atoms with E-state index in [2.05, 4.69) is 20.3 Å². The van der Waals surface area contributed by atoms with E-state index in [1.165, 1.54) is 0 Å². The molecule has 1 aromatic heterocycles. The lowest BCUT2D eigenvalue weighted by molar-refractivity contribution is 0.292. The molecule has 0 aliphatic heterocycles. The van der Waals surface area contributed by atoms with Gasteiger partial charge in [0, 0.05) is 12.1 Å². The van der Waals surface area contributed by atoms with Crippen LogP contribution in [0.4, 0.5) is 11.9 Å². The molecule has 100 valence electrons. The summed E-state index contributed by atoms with van der Waals surface area (Å²) >= 11 is 0. The van der Waals surface area contributed by atoms with Crippen LogP contribution in [0.25, 0.3) is 0 Å². The molecule has 0 saturated heterocycles. The van der Waals surface area contributed by atoms with Crippen molar-refractivity contribution in [2.45, 2.75) is 13.2 Å². The summed E-state index contributed by atoms with van der Waals surface area (Å²) in [5, 5.41) is 3.08. The van der Waals surface area contributed by atoms with Crippen molar-refractivity contribution in [3.05, 3.63) is 35.7 Å². The van der Waals surface area contributed by atoms with E-state index in [1.54, 1.807) is 0 Å². The number of para-hydroxylation sites is 1. The number of hydrogen-bond acceptors (Lipinski definition) is 7. The highest BCUT2D eigenvalue weighted by atomic mass is 16.5. The van der Waals surface area contributed by atoms with Crippen molar-refractivity contribution in [3.63, 3.8) is 0 Å². The average Bonchev–Trinajstić information content (AvgIpc) is 2.37. The maximum absolute atomic E-state index is 5.68. The minimum atomic E-state index is 0.0922. The zero-order valence-electron chi connectivity index (χ0n) is 10.6. The summed E-state index contributed by atoms with van der Waals surface area (Å²) in [5.41, 5.74) is 12.1. The van der Waals surface area contributed by atoms with Crippen molar-refractivity contribution < 1.29 is 4.74 Å². The van der Waals surface area contributed by atoms with Gasteiger partial charge in [-0.15, -0.1) is 0 Å². The standard InChI is InChI=1S/C12H16N6O/c1-15-6-8-4-2-3-5-9(8)19-7-10-16-11(13)18-12(14)17-10/h2-5,15H,6-7H2,1H3,(H4,13,14,16,17,18). The first-order valence-corrected chi connectivity index (χ1v) is 5.80. The van der Waals surface area contributed by atoms with Crippen LogP contribution in [0.15, 0.2) is 24.3 Å². The Balaban J connectivity index is 2.09. The van der Waals surface area contributed by atoms with Crippen molar-refractivity contribution in [1.82, 2.24) is 20.3 Å². The Morgan fingerprint density at radius 1 is 1.11 bits per heavy atom. The number of anilines is 2. The molecule has 2 aromatic rings. The lowest BCUT2D eigenvalue weighted by Crippen LogP contribution is -2.11. The summed E-state index contributed by atoms with van der Waals surface area (Å²) < 4.78 is 5.68. The number of ether oxygens (including phenoxy) is 1. The first kappa shape index (κ1) is 13.0. The first-order chi connectivity index (χ1) is 9.19. The molecule has 1 aromatic carbocycles. The van der Waals surface area contributed by atoms with E-state index in [0.717, 1.165) is 17.9 Å². The third kappa shape index (κ3) is 3.52. The van der Waals surface area contributed by atoms with Gasteiger partial charge in [0.2, 0.25) is 11.9 Å². The lowest BCUT2D eigenvalue weighted by Gasteiger charge is -2.10. The van der Waals surface area contributed by atoms with Gasteiger partial charge >= 0.3 is 0 Å². The fraction of sp³-hybridized carbons (Fsp3) is 0.250. The molecule has 0 saturated carbocycles. The maximum Gasteiger partial charge on any atom is 0.225 e. The van der Waals surface area contributed by atoms with Gasteiger partial charge in [-0.2, -0.15) is 15.0 Å². The van der Waals surface area contributed by atoms with Crippen molar-refractivity contribution in [2.24, 2.45) is 0 Å². The monoisotopic (exact) mass is 260 g/mol. The molecule has 0 radical (unpaired) electrons. The Hall–Kier alpha value is -2.41. The second-order valence-corrected chi connectivity index (χ2v) is 3.89. The van der Waals surface area contributed by atoms with Crippen LogP contribution in [0.5, 0.6) is 5.75 Å². The third-order valence-corrected chi connectivity index (χ3v) is 2.41. The van der Waals surface area contributed by atoms with Gasteiger partial charge in [0.15, 0.2) is 5.82 Å². The average molecular weight is 260 g/mol. The molecule has 0 bridgehead atoms. The fourth-order valence-electron chi connectivity index (χ4n) is 1.64. The third-order valence-electron chi connectivity index (χ3n) is 2.41. The van der Waals surface area contributed by atoms with Crippen LogP contribution in [0.2, 0.25) is 0 Å². The van der Waals surface area contributed by atoms with E-state index >= 15 is 0 Å². The molecule has 7 nitrogen and oxygen atoms in total. The first-order valence-electron chi connectivity index (χ1n) is 5.80. The van der Waals surface area contributed by atoms with Gasteiger partial charge in [-0.25, -0.2) is 0 Å². The normalized spacial score (nSPS) is 10.4. The number of nitrogens with two attached hydrogens (primary N) is 2. The van der Waals surface area contributed by atoms with Crippen molar-refractivity contribution in [3.8, 4) is 5.75 Å². The highest BCUT2D eigenvalue weighted by molar-refractivity contribution is 5.33. The van der Waals surface area contributed by atoms with Crippen LogP contribution in [-0.4, -0.2) is 22.0 Å². The fourth-order valence-corrected chi connectivity index (χ4v) is 1.64. The van der Waals surface area contributed by atoms with Gasteiger partial charge in [0.05, 0.1) is 0 Å². The molecule has 0 aliphatic rings. The molecule has 1 heterocycles. The van der Waals surface area contributed by atoms with E-state index in [9.17, 15) is 0 Å². The van der Waals surface area contributed by atoms with Gasteiger partial charge in [-0.3, -0.25) is 0 Å². The number of nitrogens with one attached hydrogen (secondary N) is 1. The van der Waals surface area contributed by atoms with Gasteiger partial charge < -0.3 is 21.5 Å². The molecule has 0 aliphatic carbocycles. The summed E-state index contributed by atoms with van der Waals surface area (Å²) in [6.07, 6.45) is 0. The molecule has 0 spiro atoms. The number of aromatic nitrogens is 3. The maximum atomic E-state index is 5.68. The summed E-state index contributed by atoms with van der Waals surface area (Å²) in [4.78, 5) is 11.6. The van der Waals surface area contributed by atoms with Crippen LogP contribution < -0.4 is 21.5 Å². The number of nitrogens with zero attached hydrogens (tertiary/aromatic N) is 3. The van der Waals surface area contributed by atoms with Gasteiger partial charge in [-0.1, -0.05) is 18.2 Å². The number of hydrogen-bond donors (Lipinski definition) is 3. The molecular formula is C12H16N6O. The largest absolute Gasteiger partial charge is 0.485 e. The Morgan fingerprint density at radius 3 is 2.47 bits per heavy atom. The quantitative estimate of drug-likeness (QED) is 0.710. The molecule has 19 heavy (non-hydrogen) atoms. The molecule has 2 rings (SSSR count). The molecular weight excluding hydrogens is 244 g/mol. The molecule has 5 N–H and O–H groups in total. The van der Waals surface area contributed by atoms with Crippen LogP contribution in [0.3, 0.4) is 0 Å². The van der Waals surface area contributed by atoms with Crippen molar-refractivity contribution in [2.75, 3.05) is 18.5 Å². The molecule has 7 heteroatoms. The summed E-state index contributed by atoms with van der Waals surface area (Å²) in [7, 11) is 1.88. The Bertz CT molecular complexity index is 539. The van der Waals surface area contributed by atoms with Crippen molar-refractivity contribution in [1.29, 1.82) is 0 Å². The summed E-state index contributed by atoms with van der Waals surface area (Å²) in [5.74, 6) is 1.36. The van der Waals surface area contributed by atoms with E-state index in [4.69, 9.17) is 16.2 Å². The Morgan fingerprint density at radius 2 is 1.79 bits per heavy atom. The van der Waals surface area contributed by atoms with Crippen LogP contribution in [0, 0.1) is 0 Å². The van der Waals surface area contributed by atoms with Crippen LogP contribution >= 0.6 is 0 Å². The Kier molecular flexibility index (Phi) is 4.09. The van der Waals surface area contributed by atoms with Gasteiger partial charge in [0.25, 0.3) is 0 Å². The smallest absolute Gasteiger partial charge is 0.225 e. The minimum absolute atomic E-state index is 0.0922. The highest BCUT2D eigenvalue weighted by Gasteiger charge is 2.05. The second-order valence-electron chi connectivity index (χ2n) is 3.89. The molecule has 0 atom stereocenters. The van der Waals surface area contributed by atoms with E-state index in [-0.39, 0.29) is 18.5 Å². The number of rotatable bonds is 5. The SMILES string of the molecule is CNCc1ccccc1OCc1nc(N)nc(N)n1. The molecule has 0 amide bonds. The zero-order valence-corrected chi connectivity index (χ0v) is 10.6. The van der Waals surface area contributed by atoms with Crippen molar-refractivity contribution >= 4 is 11.9 Å². The summed E-state index contributed by atoms with van der Waals surface area (Å²) in [6.45, 7) is 0.912. The number of nitrogen functional groups attached to an aromatic ring is 2. The highest BCUT2D eigenvalue weighted by Crippen LogP contribution is 2.18. The predicted molar refractivity (Wildman–Crippen MR) is 72.2 cm³/mol. The zero-order chi connectivity index (χ0) is 13.7. The van der Waals surface area contributed by atoms with E-state index in [0.29, 0.717) is 5.82 Å². The molecule has 0 fully saturated rings. The predicted octanol–water partition coefficient (Wildman–Crippen LogP) is 0.334.